The second-order valence-corrected chi connectivity index (χ2v) is 3.72. The van der Waals surface area contributed by atoms with E-state index in [1.54, 1.807) is 18.2 Å². The molecule has 0 unspecified atom stereocenters. The SMILES string of the molecule is CCCCCOc1ccc(C#N)cc1Cl. The van der Waals surface area contributed by atoms with Crippen molar-refractivity contribution in [2.24, 2.45) is 0 Å². The van der Waals surface area contributed by atoms with E-state index in [1.807, 2.05) is 6.07 Å². The van der Waals surface area contributed by atoms with Gasteiger partial charge in [-0.3, -0.25) is 0 Å². The van der Waals surface area contributed by atoms with E-state index in [4.69, 9.17) is 21.6 Å². The summed E-state index contributed by atoms with van der Waals surface area (Å²) in [6.07, 6.45) is 3.37. The molecule has 1 aromatic rings. The summed E-state index contributed by atoms with van der Waals surface area (Å²) in [5.41, 5.74) is 0.556. The predicted octanol–water partition coefficient (Wildman–Crippen LogP) is 3.78. The van der Waals surface area contributed by atoms with Crippen LogP contribution in [0.25, 0.3) is 0 Å². The van der Waals surface area contributed by atoms with Crippen LogP contribution in [-0.4, -0.2) is 6.61 Å². The van der Waals surface area contributed by atoms with E-state index in [-0.39, 0.29) is 0 Å². The standard InChI is InChI=1S/C12H14ClNO/c1-2-3-4-7-15-12-6-5-10(9-14)8-11(12)13/h5-6,8H,2-4,7H2,1H3. The first kappa shape index (κ1) is 11.9. The minimum Gasteiger partial charge on any atom is -0.492 e. The predicted molar refractivity (Wildman–Crippen MR) is 61.2 cm³/mol. The van der Waals surface area contributed by atoms with E-state index in [0.717, 1.165) is 12.8 Å². The molecule has 0 heterocycles. The molecule has 0 aliphatic heterocycles. The highest BCUT2D eigenvalue weighted by molar-refractivity contribution is 6.32. The van der Waals surface area contributed by atoms with Crippen molar-refractivity contribution in [2.75, 3.05) is 6.61 Å². The maximum atomic E-state index is 8.65. The molecule has 80 valence electrons. The minimum absolute atomic E-state index is 0.505. The van der Waals surface area contributed by atoms with Crippen molar-refractivity contribution in [1.82, 2.24) is 0 Å². The number of rotatable bonds is 5. The van der Waals surface area contributed by atoms with Crippen molar-refractivity contribution in [3.63, 3.8) is 0 Å². The largest absolute Gasteiger partial charge is 0.492 e. The van der Waals surface area contributed by atoms with Gasteiger partial charge < -0.3 is 4.74 Å². The van der Waals surface area contributed by atoms with Crippen LogP contribution in [-0.2, 0) is 0 Å². The lowest BCUT2D eigenvalue weighted by Gasteiger charge is -2.07. The van der Waals surface area contributed by atoms with Crippen molar-refractivity contribution in [3.8, 4) is 11.8 Å². The van der Waals surface area contributed by atoms with E-state index in [2.05, 4.69) is 6.92 Å². The molecule has 0 bridgehead atoms. The Balaban J connectivity index is 2.52. The van der Waals surface area contributed by atoms with Crippen LogP contribution in [0.1, 0.15) is 31.7 Å². The lowest BCUT2D eigenvalue weighted by Crippen LogP contribution is -1.97. The Kier molecular flexibility index (Phi) is 5.00. The Bertz CT molecular complexity index is 357. The van der Waals surface area contributed by atoms with Gasteiger partial charge in [-0.2, -0.15) is 5.26 Å². The summed E-state index contributed by atoms with van der Waals surface area (Å²) in [7, 11) is 0. The topological polar surface area (TPSA) is 33.0 Å². The maximum absolute atomic E-state index is 8.65. The highest BCUT2D eigenvalue weighted by Gasteiger charge is 2.02. The molecule has 0 aromatic heterocycles. The van der Waals surface area contributed by atoms with Gasteiger partial charge in [0.1, 0.15) is 5.75 Å². The van der Waals surface area contributed by atoms with Crippen LogP contribution >= 0.6 is 11.6 Å². The van der Waals surface area contributed by atoms with Crippen LogP contribution < -0.4 is 4.74 Å². The van der Waals surface area contributed by atoms with Crippen LogP contribution in [0.15, 0.2) is 18.2 Å². The van der Waals surface area contributed by atoms with E-state index in [1.165, 1.54) is 6.42 Å². The summed E-state index contributed by atoms with van der Waals surface area (Å²) in [4.78, 5) is 0. The summed E-state index contributed by atoms with van der Waals surface area (Å²) in [6.45, 7) is 2.83. The molecule has 0 aliphatic rings. The Morgan fingerprint density at radius 2 is 2.20 bits per heavy atom. The highest BCUT2D eigenvalue weighted by atomic mass is 35.5. The van der Waals surface area contributed by atoms with E-state index in [0.29, 0.717) is 22.9 Å². The number of ether oxygens (including phenoxy) is 1. The normalized spacial score (nSPS) is 9.67. The van der Waals surface area contributed by atoms with E-state index < -0.39 is 0 Å². The van der Waals surface area contributed by atoms with Gasteiger partial charge in [0.05, 0.1) is 23.3 Å². The van der Waals surface area contributed by atoms with Crippen molar-refractivity contribution in [1.29, 1.82) is 5.26 Å². The fraction of sp³-hybridized carbons (Fsp3) is 0.417. The van der Waals surface area contributed by atoms with Crippen LogP contribution in [0.3, 0.4) is 0 Å². The first-order valence-corrected chi connectivity index (χ1v) is 5.48. The van der Waals surface area contributed by atoms with Gasteiger partial charge in [-0.05, 0) is 24.6 Å². The molecule has 0 amide bonds. The number of halogens is 1. The molecule has 3 heteroatoms. The Hall–Kier alpha value is -1.20. The monoisotopic (exact) mass is 223 g/mol. The van der Waals surface area contributed by atoms with Crippen molar-refractivity contribution in [3.05, 3.63) is 28.8 Å². The molecule has 0 spiro atoms. The number of benzene rings is 1. The fourth-order valence-corrected chi connectivity index (χ4v) is 1.46. The summed E-state index contributed by atoms with van der Waals surface area (Å²) in [6, 6.07) is 7.11. The van der Waals surface area contributed by atoms with Gasteiger partial charge in [0, 0.05) is 0 Å². The van der Waals surface area contributed by atoms with Crippen molar-refractivity contribution in [2.45, 2.75) is 26.2 Å². The third-order valence-electron chi connectivity index (χ3n) is 2.07. The second kappa shape index (κ2) is 6.31. The zero-order valence-corrected chi connectivity index (χ0v) is 9.55. The summed E-state index contributed by atoms with van der Waals surface area (Å²) < 4.78 is 5.50. The lowest BCUT2D eigenvalue weighted by atomic mass is 10.2. The number of unbranched alkanes of at least 4 members (excludes halogenated alkanes) is 2. The first-order chi connectivity index (χ1) is 7.27. The number of hydrogen-bond donors (Lipinski definition) is 0. The molecule has 0 radical (unpaired) electrons. The zero-order chi connectivity index (χ0) is 11.1. The average molecular weight is 224 g/mol. The molecular formula is C12H14ClNO. The molecule has 0 N–H and O–H groups in total. The minimum atomic E-state index is 0.505. The maximum Gasteiger partial charge on any atom is 0.137 e. The van der Waals surface area contributed by atoms with E-state index >= 15 is 0 Å². The molecule has 1 aromatic carbocycles. The van der Waals surface area contributed by atoms with E-state index in [9.17, 15) is 0 Å². The van der Waals surface area contributed by atoms with Crippen LogP contribution in [0.2, 0.25) is 5.02 Å². The third kappa shape index (κ3) is 3.81. The third-order valence-corrected chi connectivity index (χ3v) is 2.36. The van der Waals surface area contributed by atoms with Gasteiger partial charge in [-0.25, -0.2) is 0 Å². The molecule has 0 atom stereocenters. The average Bonchev–Trinajstić information content (AvgIpc) is 2.26. The Labute approximate surface area is 95.4 Å². The number of nitrogens with zero attached hydrogens (tertiary/aromatic N) is 1. The van der Waals surface area contributed by atoms with Crippen LogP contribution in [0, 0.1) is 11.3 Å². The molecule has 0 fully saturated rings. The number of nitriles is 1. The van der Waals surface area contributed by atoms with Crippen LogP contribution in [0.5, 0.6) is 5.75 Å². The molecule has 0 saturated heterocycles. The summed E-state index contributed by atoms with van der Waals surface area (Å²) in [5, 5.41) is 9.15. The van der Waals surface area contributed by atoms with Crippen molar-refractivity contribution < 1.29 is 4.74 Å². The second-order valence-electron chi connectivity index (χ2n) is 3.31. The summed E-state index contributed by atoms with van der Waals surface area (Å²) in [5.74, 6) is 0.659. The van der Waals surface area contributed by atoms with Gasteiger partial charge in [-0.15, -0.1) is 0 Å². The molecule has 0 aliphatic carbocycles. The number of hydrogen-bond acceptors (Lipinski definition) is 2. The quantitative estimate of drug-likeness (QED) is 0.712. The Morgan fingerprint density at radius 1 is 1.40 bits per heavy atom. The highest BCUT2D eigenvalue weighted by Crippen LogP contribution is 2.25. The van der Waals surface area contributed by atoms with Gasteiger partial charge in [0.15, 0.2) is 0 Å². The molecule has 2 nitrogen and oxygen atoms in total. The van der Waals surface area contributed by atoms with Gasteiger partial charge in [0.25, 0.3) is 0 Å². The zero-order valence-electron chi connectivity index (χ0n) is 8.79. The smallest absolute Gasteiger partial charge is 0.137 e. The first-order valence-electron chi connectivity index (χ1n) is 5.10. The van der Waals surface area contributed by atoms with Gasteiger partial charge in [0.2, 0.25) is 0 Å². The molecule has 15 heavy (non-hydrogen) atoms. The lowest BCUT2D eigenvalue weighted by molar-refractivity contribution is 0.306. The van der Waals surface area contributed by atoms with Crippen molar-refractivity contribution >= 4 is 11.6 Å². The van der Waals surface area contributed by atoms with Gasteiger partial charge in [-0.1, -0.05) is 31.4 Å². The summed E-state index contributed by atoms with van der Waals surface area (Å²) >= 11 is 5.94. The molecule has 1 rings (SSSR count). The molecular weight excluding hydrogens is 210 g/mol. The van der Waals surface area contributed by atoms with Gasteiger partial charge >= 0.3 is 0 Å². The molecule has 0 saturated carbocycles. The fourth-order valence-electron chi connectivity index (χ4n) is 1.22. The van der Waals surface area contributed by atoms with Crippen LogP contribution in [0.4, 0.5) is 0 Å². The Morgan fingerprint density at radius 3 is 2.80 bits per heavy atom.